The zero-order valence-corrected chi connectivity index (χ0v) is 15.2. The molecule has 0 atom stereocenters. The molecule has 0 aliphatic carbocycles. The molecular formula is C21H16N2O3S. The number of hydrogen-bond acceptors (Lipinski definition) is 6. The van der Waals surface area contributed by atoms with E-state index in [0.717, 1.165) is 16.1 Å². The predicted octanol–water partition coefficient (Wildman–Crippen LogP) is 4.75. The van der Waals surface area contributed by atoms with Crippen LogP contribution < -0.4 is 0 Å². The van der Waals surface area contributed by atoms with Gasteiger partial charge in [0.1, 0.15) is 10.7 Å². The van der Waals surface area contributed by atoms with Gasteiger partial charge in [0.25, 0.3) is 0 Å². The summed E-state index contributed by atoms with van der Waals surface area (Å²) in [5, 5.41) is 6.78. The standard InChI is InChI=1S/C21H16N2O3S/c24-20(11-17-14-27-21(22-17)16-9-5-2-6-10-16)25-13-18-12-19(23-26-18)15-7-3-1-4-8-15/h1-10,12,14H,11,13H2. The monoisotopic (exact) mass is 376 g/mol. The fourth-order valence-electron chi connectivity index (χ4n) is 2.58. The highest BCUT2D eigenvalue weighted by molar-refractivity contribution is 7.13. The van der Waals surface area contributed by atoms with Gasteiger partial charge in [-0.25, -0.2) is 4.98 Å². The van der Waals surface area contributed by atoms with Crippen LogP contribution in [0.2, 0.25) is 0 Å². The SMILES string of the molecule is O=C(Cc1csc(-c2ccccc2)n1)OCc1cc(-c2ccccc2)no1. The van der Waals surface area contributed by atoms with Crippen molar-refractivity contribution in [3.8, 4) is 21.8 Å². The highest BCUT2D eigenvalue weighted by Gasteiger charge is 2.12. The molecule has 0 bridgehead atoms. The second kappa shape index (κ2) is 7.97. The first-order valence-electron chi connectivity index (χ1n) is 8.44. The normalized spacial score (nSPS) is 10.7. The third-order valence-corrected chi connectivity index (χ3v) is 4.84. The maximum Gasteiger partial charge on any atom is 0.312 e. The number of hydrogen-bond donors (Lipinski definition) is 0. The minimum atomic E-state index is -0.349. The molecule has 0 aliphatic rings. The molecule has 0 N–H and O–H groups in total. The van der Waals surface area contributed by atoms with Crippen LogP contribution in [0.5, 0.6) is 0 Å². The molecule has 0 fully saturated rings. The van der Waals surface area contributed by atoms with Crippen molar-refractivity contribution >= 4 is 17.3 Å². The van der Waals surface area contributed by atoms with Gasteiger partial charge in [-0.15, -0.1) is 11.3 Å². The van der Waals surface area contributed by atoms with Crippen molar-refractivity contribution in [3.63, 3.8) is 0 Å². The minimum Gasteiger partial charge on any atom is -0.457 e. The summed E-state index contributed by atoms with van der Waals surface area (Å²) in [5.74, 6) is 0.156. The molecule has 2 heterocycles. The Morgan fingerprint density at radius 3 is 2.44 bits per heavy atom. The average Bonchev–Trinajstić information content (AvgIpc) is 3.37. The van der Waals surface area contributed by atoms with Gasteiger partial charge in [0, 0.05) is 22.6 Å². The van der Waals surface area contributed by atoms with Gasteiger partial charge in [0.2, 0.25) is 0 Å². The molecule has 4 aromatic rings. The van der Waals surface area contributed by atoms with Crippen molar-refractivity contribution in [2.24, 2.45) is 0 Å². The van der Waals surface area contributed by atoms with E-state index in [4.69, 9.17) is 9.26 Å². The van der Waals surface area contributed by atoms with Gasteiger partial charge >= 0.3 is 5.97 Å². The van der Waals surface area contributed by atoms with Crippen LogP contribution in [0.4, 0.5) is 0 Å². The number of carbonyl (C=O) groups excluding carboxylic acids is 1. The van der Waals surface area contributed by atoms with Crippen LogP contribution in [0.25, 0.3) is 21.8 Å². The van der Waals surface area contributed by atoms with Crippen molar-refractivity contribution < 1.29 is 14.1 Å². The van der Waals surface area contributed by atoms with Crippen LogP contribution in [-0.2, 0) is 22.6 Å². The van der Waals surface area contributed by atoms with Crippen molar-refractivity contribution in [2.45, 2.75) is 13.0 Å². The predicted molar refractivity (Wildman–Crippen MR) is 103 cm³/mol. The van der Waals surface area contributed by atoms with E-state index in [2.05, 4.69) is 10.1 Å². The largest absolute Gasteiger partial charge is 0.457 e. The number of ether oxygens (including phenoxy) is 1. The minimum absolute atomic E-state index is 0.0499. The molecule has 134 valence electrons. The lowest BCUT2D eigenvalue weighted by molar-refractivity contribution is -0.144. The first-order chi connectivity index (χ1) is 13.3. The van der Waals surface area contributed by atoms with Gasteiger partial charge in [0.05, 0.1) is 12.1 Å². The van der Waals surface area contributed by atoms with Crippen LogP contribution in [0.3, 0.4) is 0 Å². The Labute approximate surface area is 160 Å². The number of benzene rings is 2. The Bertz CT molecular complexity index is 1030. The lowest BCUT2D eigenvalue weighted by Gasteiger charge is -2.00. The van der Waals surface area contributed by atoms with Gasteiger partial charge in [-0.3, -0.25) is 4.79 Å². The quantitative estimate of drug-likeness (QED) is 0.454. The van der Waals surface area contributed by atoms with E-state index < -0.39 is 0 Å². The number of aromatic nitrogens is 2. The van der Waals surface area contributed by atoms with E-state index in [1.165, 1.54) is 11.3 Å². The first-order valence-corrected chi connectivity index (χ1v) is 9.32. The number of rotatable bonds is 6. The summed E-state index contributed by atoms with van der Waals surface area (Å²) in [4.78, 5) is 16.6. The number of thiazole rings is 1. The molecular weight excluding hydrogens is 360 g/mol. The zero-order valence-electron chi connectivity index (χ0n) is 14.4. The molecule has 6 heteroatoms. The summed E-state index contributed by atoms with van der Waals surface area (Å²) >= 11 is 1.51. The van der Waals surface area contributed by atoms with Crippen LogP contribution >= 0.6 is 11.3 Å². The van der Waals surface area contributed by atoms with Crippen molar-refractivity contribution in [1.82, 2.24) is 10.1 Å². The molecule has 0 saturated heterocycles. The maximum atomic E-state index is 12.1. The third-order valence-electron chi connectivity index (χ3n) is 3.90. The van der Waals surface area contributed by atoms with Crippen molar-refractivity contribution in [3.05, 3.63) is 83.6 Å². The summed E-state index contributed by atoms with van der Waals surface area (Å²) in [6, 6.07) is 21.3. The molecule has 4 rings (SSSR count). The summed E-state index contributed by atoms with van der Waals surface area (Å²) in [6.45, 7) is 0.0499. The fourth-order valence-corrected chi connectivity index (χ4v) is 3.40. The Morgan fingerprint density at radius 2 is 1.70 bits per heavy atom. The Kier molecular flexibility index (Phi) is 5.07. The second-order valence-corrected chi connectivity index (χ2v) is 6.75. The van der Waals surface area contributed by atoms with E-state index >= 15 is 0 Å². The lowest BCUT2D eigenvalue weighted by atomic mass is 10.1. The molecule has 27 heavy (non-hydrogen) atoms. The molecule has 2 aromatic heterocycles. The average molecular weight is 376 g/mol. The fraction of sp³-hybridized carbons (Fsp3) is 0.0952. The van der Waals surface area contributed by atoms with Gasteiger partial charge in [-0.2, -0.15) is 0 Å². The molecule has 0 unspecified atom stereocenters. The van der Waals surface area contributed by atoms with Crippen LogP contribution in [0.1, 0.15) is 11.5 Å². The van der Waals surface area contributed by atoms with Crippen LogP contribution in [0, 0.1) is 0 Å². The van der Waals surface area contributed by atoms with E-state index in [0.29, 0.717) is 17.1 Å². The summed E-state index contributed by atoms with van der Waals surface area (Å²) in [6.07, 6.45) is 0.128. The Hall–Kier alpha value is -3.25. The maximum absolute atomic E-state index is 12.1. The molecule has 0 amide bonds. The number of nitrogens with zero attached hydrogens (tertiary/aromatic N) is 2. The van der Waals surface area contributed by atoms with Crippen molar-refractivity contribution in [2.75, 3.05) is 0 Å². The molecule has 0 radical (unpaired) electrons. The molecule has 0 aliphatic heterocycles. The smallest absolute Gasteiger partial charge is 0.312 e. The topological polar surface area (TPSA) is 65.2 Å². The van der Waals surface area contributed by atoms with Gasteiger partial charge in [0.15, 0.2) is 12.4 Å². The Balaban J connectivity index is 1.33. The molecule has 0 spiro atoms. The van der Waals surface area contributed by atoms with E-state index in [9.17, 15) is 4.79 Å². The molecule has 0 saturated carbocycles. The van der Waals surface area contributed by atoms with E-state index in [1.807, 2.05) is 66.0 Å². The number of carbonyl (C=O) groups is 1. The van der Waals surface area contributed by atoms with Gasteiger partial charge in [-0.1, -0.05) is 65.8 Å². The van der Waals surface area contributed by atoms with Gasteiger partial charge < -0.3 is 9.26 Å². The summed E-state index contributed by atoms with van der Waals surface area (Å²) < 4.78 is 10.5. The third kappa shape index (κ3) is 4.30. The molecule has 2 aromatic carbocycles. The number of esters is 1. The zero-order chi connectivity index (χ0) is 18.5. The first kappa shape index (κ1) is 17.2. The van der Waals surface area contributed by atoms with E-state index in [-0.39, 0.29) is 19.0 Å². The van der Waals surface area contributed by atoms with Gasteiger partial charge in [-0.05, 0) is 0 Å². The highest BCUT2D eigenvalue weighted by Crippen LogP contribution is 2.24. The summed E-state index contributed by atoms with van der Waals surface area (Å²) in [5.41, 5.74) is 3.41. The summed E-state index contributed by atoms with van der Waals surface area (Å²) in [7, 11) is 0. The lowest BCUT2D eigenvalue weighted by Crippen LogP contribution is -2.07. The highest BCUT2D eigenvalue weighted by atomic mass is 32.1. The second-order valence-electron chi connectivity index (χ2n) is 5.89. The van der Waals surface area contributed by atoms with E-state index in [1.54, 1.807) is 6.07 Å². The van der Waals surface area contributed by atoms with Crippen molar-refractivity contribution in [1.29, 1.82) is 0 Å². The van der Waals surface area contributed by atoms with Crippen LogP contribution in [-0.4, -0.2) is 16.1 Å². The Morgan fingerprint density at radius 1 is 1.00 bits per heavy atom. The molecule has 5 nitrogen and oxygen atoms in total. The van der Waals surface area contributed by atoms with Crippen LogP contribution in [0.15, 0.2) is 76.6 Å².